The number of piperidine rings is 1. The summed E-state index contributed by atoms with van der Waals surface area (Å²) in [6.07, 6.45) is 2.66. The molecule has 0 aliphatic carbocycles. The molecule has 2 N–H and O–H groups in total. The van der Waals surface area contributed by atoms with E-state index in [0.717, 1.165) is 25.7 Å². The highest BCUT2D eigenvalue weighted by molar-refractivity contribution is 4.95. The van der Waals surface area contributed by atoms with Gasteiger partial charge in [0.15, 0.2) is 0 Å². The maximum atomic E-state index is 5.85. The summed E-state index contributed by atoms with van der Waals surface area (Å²) in [6.45, 7) is 5.04. The Hall–Kier alpha value is -0.120. The van der Waals surface area contributed by atoms with Crippen LogP contribution in [0.3, 0.4) is 0 Å². The Morgan fingerprint density at radius 2 is 2.31 bits per heavy atom. The van der Waals surface area contributed by atoms with E-state index in [1.807, 2.05) is 0 Å². The van der Waals surface area contributed by atoms with Crippen LogP contribution in [0.25, 0.3) is 0 Å². The average Bonchev–Trinajstić information content (AvgIpc) is 2.03. The van der Waals surface area contributed by atoms with E-state index in [0.29, 0.717) is 5.41 Å². The van der Waals surface area contributed by atoms with Crippen molar-refractivity contribution in [2.24, 2.45) is 17.1 Å². The molecule has 0 saturated carbocycles. The van der Waals surface area contributed by atoms with Crippen molar-refractivity contribution in [1.29, 1.82) is 0 Å². The second kappa shape index (κ2) is 3.56. The quantitative estimate of drug-likeness (QED) is 0.671. The van der Waals surface area contributed by atoms with Crippen LogP contribution in [0.4, 0.5) is 0 Å². The Bertz CT molecular complexity index is 174. The van der Waals surface area contributed by atoms with E-state index >= 15 is 0 Å². The summed E-state index contributed by atoms with van der Waals surface area (Å²) in [5.41, 5.74) is 6.17. The third-order valence-electron chi connectivity index (χ3n) is 3.68. The summed E-state index contributed by atoms with van der Waals surface area (Å²) >= 11 is 0. The maximum Gasteiger partial charge on any atom is 0.0560 e. The number of ether oxygens (including phenoxy) is 1. The van der Waals surface area contributed by atoms with Gasteiger partial charge in [-0.1, -0.05) is 0 Å². The Labute approximate surface area is 80.2 Å². The van der Waals surface area contributed by atoms with E-state index in [-0.39, 0.29) is 0 Å². The first-order valence-electron chi connectivity index (χ1n) is 5.23. The van der Waals surface area contributed by atoms with Gasteiger partial charge in [-0.25, -0.2) is 0 Å². The minimum atomic E-state index is 0.328. The lowest BCUT2D eigenvalue weighted by atomic mass is 9.70. The molecule has 76 valence electrons. The van der Waals surface area contributed by atoms with Crippen molar-refractivity contribution in [1.82, 2.24) is 4.90 Å². The van der Waals surface area contributed by atoms with Gasteiger partial charge in [0.05, 0.1) is 13.2 Å². The summed E-state index contributed by atoms with van der Waals surface area (Å²) in [5.74, 6) is 0.769. The lowest BCUT2D eigenvalue weighted by Crippen LogP contribution is -2.57. The van der Waals surface area contributed by atoms with Crippen molar-refractivity contribution < 1.29 is 4.74 Å². The molecule has 0 spiro atoms. The average molecular weight is 184 g/mol. The first-order chi connectivity index (χ1) is 6.27. The van der Waals surface area contributed by atoms with Gasteiger partial charge in [0.1, 0.15) is 0 Å². The van der Waals surface area contributed by atoms with Crippen LogP contribution in [-0.4, -0.2) is 44.8 Å². The van der Waals surface area contributed by atoms with Crippen LogP contribution in [0, 0.1) is 11.3 Å². The molecule has 2 rings (SSSR count). The van der Waals surface area contributed by atoms with Crippen molar-refractivity contribution in [3.05, 3.63) is 0 Å². The van der Waals surface area contributed by atoms with Crippen molar-refractivity contribution in [2.75, 3.05) is 39.9 Å². The molecule has 0 aromatic carbocycles. The fourth-order valence-corrected chi connectivity index (χ4v) is 2.55. The number of hydrogen-bond acceptors (Lipinski definition) is 3. The molecule has 2 fully saturated rings. The monoisotopic (exact) mass is 184 g/mol. The fraction of sp³-hybridized carbons (Fsp3) is 1.00. The van der Waals surface area contributed by atoms with Gasteiger partial charge in [0, 0.05) is 18.5 Å². The molecular formula is C10H20N2O. The zero-order valence-electron chi connectivity index (χ0n) is 8.46. The Balaban J connectivity index is 1.97. The Morgan fingerprint density at radius 3 is 2.77 bits per heavy atom. The van der Waals surface area contributed by atoms with Crippen LogP contribution >= 0.6 is 0 Å². The van der Waals surface area contributed by atoms with Crippen LogP contribution in [0.1, 0.15) is 12.8 Å². The van der Waals surface area contributed by atoms with E-state index in [1.165, 1.54) is 25.9 Å². The van der Waals surface area contributed by atoms with E-state index < -0.39 is 0 Å². The van der Waals surface area contributed by atoms with Crippen LogP contribution in [-0.2, 0) is 4.74 Å². The molecule has 2 saturated heterocycles. The van der Waals surface area contributed by atoms with Gasteiger partial charge >= 0.3 is 0 Å². The first kappa shape index (κ1) is 9.44. The molecule has 13 heavy (non-hydrogen) atoms. The van der Waals surface area contributed by atoms with Crippen LogP contribution < -0.4 is 5.73 Å². The fourth-order valence-electron chi connectivity index (χ4n) is 2.55. The van der Waals surface area contributed by atoms with Gasteiger partial charge in [0.25, 0.3) is 0 Å². The lowest BCUT2D eigenvalue weighted by Gasteiger charge is -2.49. The first-order valence-corrected chi connectivity index (χ1v) is 5.23. The maximum absolute atomic E-state index is 5.85. The minimum absolute atomic E-state index is 0.328. The number of rotatable bonds is 2. The molecule has 1 unspecified atom stereocenters. The Morgan fingerprint density at radius 1 is 1.54 bits per heavy atom. The second-order valence-corrected chi connectivity index (χ2v) is 4.66. The van der Waals surface area contributed by atoms with Gasteiger partial charge in [-0.3, -0.25) is 0 Å². The predicted molar refractivity (Wildman–Crippen MR) is 52.5 cm³/mol. The lowest BCUT2D eigenvalue weighted by molar-refractivity contribution is -0.149. The van der Waals surface area contributed by atoms with Crippen LogP contribution in [0.15, 0.2) is 0 Å². The van der Waals surface area contributed by atoms with Crippen molar-refractivity contribution >= 4 is 0 Å². The third kappa shape index (κ3) is 1.60. The molecule has 1 atom stereocenters. The predicted octanol–water partition coefficient (Wildman–Crippen LogP) is 0.304. The SMILES string of the molecule is CN1CCCC(C2(CN)COC2)C1. The third-order valence-corrected chi connectivity index (χ3v) is 3.68. The number of nitrogens with zero attached hydrogens (tertiary/aromatic N) is 1. The van der Waals surface area contributed by atoms with E-state index in [2.05, 4.69) is 11.9 Å². The molecule has 0 radical (unpaired) electrons. The highest BCUT2D eigenvalue weighted by Crippen LogP contribution is 2.39. The van der Waals surface area contributed by atoms with Gasteiger partial charge in [-0.2, -0.15) is 0 Å². The molecule has 2 heterocycles. The number of likely N-dealkylation sites (tertiary alicyclic amines) is 1. The molecule has 3 nitrogen and oxygen atoms in total. The van der Waals surface area contributed by atoms with Crippen molar-refractivity contribution in [3.63, 3.8) is 0 Å². The molecule has 0 aromatic rings. The Kier molecular flexibility index (Phi) is 2.58. The summed E-state index contributed by atoms with van der Waals surface area (Å²) in [5, 5.41) is 0. The zero-order chi connectivity index (χ0) is 9.31. The second-order valence-electron chi connectivity index (χ2n) is 4.66. The summed E-state index contributed by atoms with van der Waals surface area (Å²) < 4.78 is 5.32. The van der Waals surface area contributed by atoms with Crippen molar-refractivity contribution in [2.45, 2.75) is 12.8 Å². The largest absolute Gasteiger partial charge is 0.380 e. The summed E-state index contributed by atoms with van der Waals surface area (Å²) in [6, 6.07) is 0. The highest BCUT2D eigenvalue weighted by atomic mass is 16.5. The topological polar surface area (TPSA) is 38.5 Å². The molecule has 0 bridgehead atoms. The molecule has 3 heteroatoms. The normalized spacial score (nSPS) is 34.2. The van der Waals surface area contributed by atoms with Crippen LogP contribution in [0.5, 0.6) is 0 Å². The van der Waals surface area contributed by atoms with Crippen LogP contribution in [0.2, 0.25) is 0 Å². The summed E-state index contributed by atoms with van der Waals surface area (Å²) in [4.78, 5) is 2.42. The van der Waals surface area contributed by atoms with E-state index in [1.54, 1.807) is 0 Å². The zero-order valence-corrected chi connectivity index (χ0v) is 8.46. The number of hydrogen-bond donors (Lipinski definition) is 1. The van der Waals surface area contributed by atoms with E-state index in [9.17, 15) is 0 Å². The van der Waals surface area contributed by atoms with Gasteiger partial charge in [-0.15, -0.1) is 0 Å². The van der Waals surface area contributed by atoms with Gasteiger partial charge in [0.2, 0.25) is 0 Å². The highest BCUT2D eigenvalue weighted by Gasteiger charge is 2.45. The van der Waals surface area contributed by atoms with E-state index in [4.69, 9.17) is 10.5 Å². The number of nitrogens with two attached hydrogens (primary N) is 1. The van der Waals surface area contributed by atoms with Gasteiger partial charge < -0.3 is 15.4 Å². The smallest absolute Gasteiger partial charge is 0.0560 e. The minimum Gasteiger partial charge on any atom is -0.380 e. The van der Waals surface area contributed by atoms with Gasteiger partial charge in [-0.05, 0) is 32.4 Å². The molecule has 2 aliphatic rings. The molecular weight excluding hydrogens is 164 g/mol. The standard InChI is InChI=1S/C10H20N2O/c1-12-4-2-3-9(5-12)10(6-11)7-13-8-10/h9H,2-8,11H2,1H3. The molecule has 0 amide bonds. The molecule has 2 aliphatic heterocycles. The van der Waals surface area contributed by atoms with Crippen molar-refractivity contribution in [3.8, 4) is 0 Å². The summed E-state index contributed by atoms with van der Waals surface area (Å²) in [7, 11) is 2.20. The molecule has 0 aromatic heterocycles.